The van der Waals surface area contributed by atoms with Crippen LogP contribution in [0.4, 0.5) is 0 Å². The van der Waals surface area contributed by atoms with Crippen LogP contribution in [0.15, 0.2) is 103 Å². The van der Waals surface area contributed by atoms with Gasteiger partial charge in [-0.15, -0.1) is 6.58 Å². The van der Waals surface area contributed by atoms with Gasteiger partial charge in [0, 0.05) is 0 Å². The van der Waals surface area contributed by atoms with Gasteiger partial charge in [-0.3, -0.25) is 0 Å². The van der Waals surface area contributed by atoms with Crippen molar-refractivity contribution in [2.75, 3.05) is 0 Å². The van der Waals surface area contributed by atoms with Crippen LogP contribution < -0.4 is 0 Å². The van der Waals surface area contributed by atoms with E-state index in [0.717, 1.165) is 6.42 Å². The summed E-state index contributed by atoms with van der Waals surface area (Å²) >= 11 is 0. The molecule has 0 heterocycles. The molecule has 1 aliphatic rings. The largest absolute Gasteiger partial charge is 0.103 e. The first-order chi connectivity index (χ1) is 11.3. The average Bonchev–Trinajstić information content (AvgIpc) is 3.07. The molecule has 0 aromatic heterocycles. The second kappa shape index (κ2) is 7.11. The number of rotatable bonds is 5. The van der Waals surface area contributed by atoms with Gasteiger partial charge in [-0.2, -0.15) is 0 Å². The Bertz CT molecular complexity index is 717. The minimum Gasteiger partial charge on any atom is -0.103 e. The molecule has 1 aliphatic carbocycles. The predicted octanol–water partition coefficient (Wildman–Crippen LogP) is 6.20. The molecule has 0 radical (unpaired) electrons. The first-order valence-corrected chi connectivity index (χ1v) is 8.15. The number of benzene rings is 2. The van der Waals surface area contributed by atoms with Crippen molar-refractivity contribution in [2.45, 2.75) is 13.3 Å². The molecule has 0 fully saturated rings. The molecule has 0 saturated heterocycles. The fourth-order valence-corrected chi connectivity index (χ4v) is 3.02. The Hall–Kier alpha value is -2.60. The monoisotopic (exact) mass is 298 g/mol. The molecule has 0 bridgehead atoms. The maximum absolute atomic E-state index is 3.86. The number of hydrogen-bond donors (Lipinski definition) is 0. The van der Waals surface area contributed by atoms with Crippen LogP contribution in [0.3, 0.4) is 0 Å². The molecule has 114 valence electrons. The average molecular weight is 298 g/mol. The maximum Gasteiger partial charge on any atom is -0.00388 e. The van der Waals surface area contributed by atoms with Crippen molar-refractivity contribution < 1.29 is 0 Å². The Balaban J connectivity index is 2.10. The van der Waals surface area contributed by atoms with Crippen molar-refractivity contribution in [3.8, 4) is 0 Å². The Morgan fingerprint density at radius 1 is 0.913 bits per heavy atom. The summed E-state index contributed by atoms with van der Waals surface area (Å²) in [5, 5.41) is 0. The summed E-state index contributed by atoms with van der Waals surface area (Å²) in [6.45, 7) is 6.11. The fraction of sp³-hybridized carbons (Fsp3) is 0.130. The smallest absolute Gasteiger partial charge is 0.00388 e. The van der Waals surface area contributed by atoms with E-state index in [1.807, 2.05) is 6.08 Å². The first kappa shape index (κ1) is 15.3. The highest BCUT2D eigenvalue weighted by molar-refractivity contribution is 5.86. The minimum atomic E-state index is 0.508. The normalized spacial score (nSPS) is 14.5. The minimum absolute atomic E-state index is 0.508. The van der Waals surface area contributed by atoms with E-state index in [-0.39, 0.29) is 0 Å². The van der Waals surface area contributed by atoms with Crippen molar-refractivity contribution >= 4 is 5.57 Å². The van der Waals surface area contributed by atoms with Crippen LogP contribution in [-0.2, 0) is 0 Å². The Kier molecular flexibility index (Phi) is 4.73. The second-order valence-corrected chi connectivity index (χ2v) is 5.97. The van der Waals surface area contributed by atoms with Crippen LogP contribution in [0.5, 0.6) is 0 Å². The van der Waals surface area contributed by atoms with Gasteiger partial charge < -0.3 is 0 Å². The van der Waals surface area contributed by atoms with Gasteiger partial charge in [-0.05, 0) is 40.2 Å². The van der Waals surface area contributed by atoms with Crippen LogP contribution in [0.2, 0.25) is 0 Å². The molecule has 2 aromatic carbocycles. The van der Waals surface area contributed by atoms with Crippen molar-refractivity contribution in [3.05, 3.63) is 114 Å². The first-order valence-electron chi connectivity index (χ1n) is 8.15. The fourth-order valence-electron chi connectivity index (χ4n) is 3.02. The van der Waals surface area contributed by atoms with E-state index in [2.05, 4.69) is 92.4 Å². The molecular formula is C23H22. The molecule has 0 saturated carbocycles. The summed E-state index contributed by atoms with van der Waals surface area (Å²) in [6.07, 6.45) is 9.81. The van der Waals surface area contributed by atoms with Gasteiger partial charge in [-0.25, -0.2) is 0 Å². The van der Waals surface area contributed by atoms with Gasteiger partial charge in [0.15, 0.2) is 0 Å². The molecule has 0 amide bonds. The van der Waals surface area contributed by atoms with Gasteiger partial charge in [0.2, 0.25) is 0 Å². The molecule has 1 atom stereocenters. The molecular weight excluding hydrogens is 276 g/mol. The lowest BCUT2D eigenvalue weighted by Crippen LogP contribution is -1.94. The zero-order chi connectivity index (χ0) is 16.1. The van der Waals surface area contributed by atoms with Crippen molar-refractivity contribution in [1.82, 2.24) is 0 Å². The van der Waals surface area contributed by atoms with Crippen LogP contribution in [0, 0.1) is 5.92 Å². The molecule has 0 spiro atoms. The molecule has 2 aromatic rings. The molecule has 1 unspecified atom stereocenters. The molecule has 0 aliphatic heterocycles. The summed E-state index contributed by atoms with van der Waals surface area (Å²) in [7, 11) is 0. The van der Waals surface area contributed by atoms with Crippen molar-refractivity contribution in [2.24, 2.45) is 5.92 Å². The van der Waals surface area contributed by atoms with Crippen molar-refractivity contribution in [3.63, 3.8) is 0 Å². The summed E-state index contributed by atoms with van der Waals surface area (Å²) in [6, 6.07) is 21.3. The lowest BCUT2D eigenvalue weighted by atomic mass is 9.92. The summed E-state index contributed by atoms with van der Waals surface area (Å²) in [4.78, 5) is 0. The third-order valence-corrected chi connectivity index (χ3v) is 4.28. The van der Waals surface area contributed by atoms with E-state index in [0.29, 0.717) is 5.92 Å². The van der Waals surface area contributed by atoms with E-state index >= 15 is 0 Å². The van der Waals surface area contributed by atoms with Crippen molar-refractivity contribution in [1.29, 1.82) is 0 Å². The highest BCUT2D eigenvalue weighted by Crippen LogP contribution is 2.33. The molecule has 0 N–H and O–H groups in total. The molecule has 23 heavy (non-hydrogen) atoms. The highest BCUT2D eigenvalue weighted by atomic mass is 14.2. The number of hydrogen-bond acceptors (Lipinski definition) is 0. The Morgan fingerprint density at radius 2 is 1.48 bits per heavy atom. The van der Waals surface area contributed by atoms with Gasteiger partial charge in [0.05, 0.1) is 0 Å². The molecule has 0 nitrogen and oxygen atoms in total. The van der Waals surface area contributed by atoms with Gasteiger partial charge >= 0.3 is 0 Å². The lowest BCUT2D eigenvalue weighted by Gasteiger charge is -2.11. The maximum atomic E-state index is 3.86. The van der Waals surface area contributed by atoms with Crippen LogP contribution >= 0.6 is 0 Å². The molecule has 3 rings (SSSR count). The SMILES string of the molecule is C=CCC(C)C1=CC(=C(c2ccccc2)c2ccccc2)C=C1. The van der Waals surface area contributed by atoms with E-state index in [1.54, 1.807) is 0 Å². The zero-order valence-electron chi connectivity index (χ0n) is 13.6. The summed E-state index contributed by atoms with van der Waals surface area (Å²) in [5.74, 6) is 0.508. The second-order valence-electron chi connectivity index (χ2n) is 5.97. The van der Waals surface area contributed by atoms with E-state index in [1.165, 1.54) is 27.8 Å². The Morgan fingerprint density at radius 3 is 2.00 bits per heavy atom. The topological polar surface area (TPSA) is 0 Å². The van der Waals surface area contributed by atoms with E-state index in [9.17, 15) is 0 Å². The Labute approximate surface area is 139 Å². The standard InChI is InChI=1S/C23H22/c1-3-10-18(2)21-15-16-22(17-21)23(19-11-6-4-7-12-19)20-13-8-5-9-14-20/h3-9,11-18H,1,10H2,2H3. The van der Waals surface area contributed by atoms with E-state index < -0.39 is 0 Å². The van der Waals surface area contributed by atoms with Gasteiger partial charge in [0.25, 0.3) is 0 Å². The van der Waals surface area contributed by atoms with Crippen LogP contribution in [0.1, 0.15) is 24.5 Å². The summed E-state index contributed by atoms with van der Waals surface area (Å²) in [5.41, 5.74) is 6.47. The van der Waals surface area contributed by atoms with Crippen LogP contribution in [0.25, 0.3) is 5.57 Å². The quantitative estimate of drug-likeness (QED) is 0.577. The van der Waals surface area contributed by atoms with E-state index in [4.69, 9.17) is 0 Å². The zero-order valence-corrected chi connectivity index (χ0v) is 13.6. The molecule has 0 heteroatoms. The lowest BCUT2D eigenvalue weighted by molar-refractivity contribution is 0.715. The third-order valence-electron chi connectivity index (χ3n) is 4.28. The predicted molar refractivity (Wildman–Crippen MR) is 100 cm³/mol. The summed E-state index contributed by atoms with van der Waals surface area (Å²) < 4.78 is 0. The third kappa shape index (κ3) is 3.43. The van der Waals surface area contributed by atoms with Crippen LogP contribution in [-0.4, -0.2) is 0 Å². The highest BCUT2D eigenvalue weighted by Gasteiger charge is 2.14. The van der Waals surface area contributed by atoms with Gasteiger partial charge in [-0.1, -0.05) is 91.9 Å². The number of allylic oxidation sites excluding steroid dienone is 6. The van der Waals surface area contributed by atoms with Gasteiger partial charge in [0.1, 0.15) is 0 Å².